The Morgan fingerprint density at radius 3 is 3.06 bits per heavy atom. The molecule has 5 nitrogen and oxygen atoms in total. The standard InChI is InChI=1S/C12H13NO4/c1-16-11-7-9-3-2-6-17-12(9)10(8-11)4-5-13(14)15/h4-5,7-8H,2-3,6H2,1H3. The molecule has 1 aliphatic rings. The second-order valence-electron chi connectivity index (χ2n) is 3.76. The number of aryl methyl sites for hydroxylation is 1. The quantitative estimate of drug-likeness (QED) is 0.595. The molecule has 0 aliphatic carbocycles. The Labute approximate surface area is 98.8 Å². The highest BCUT2D eigenvalue weighted by molar-refractivity contribution is 5.62. The zero-order valence-corrected chi connectivity index (χ0v) is 9.51. The molecule has 90 valence electrons. The topological polar surface area (TPSA) is 61.6 Å². The van der Waals surface area contributed by atoms with Gasteiger partial charge in [0.05, 0.1) is 18.6 Å². The second kappa shape index (κ2) is 4.86. The number of methoxy groups -OCH3 is 1. The van der Waals surface area contributed by atoms with E-state index in [4.69, 9.17) is 9.47 Å². The Morgan fingerprint density at radius 2 is 2.35 bits per heavy atom. The molecule has 0 aromatic heterocycles. The van der Waals surface area contributed by atoms with Gasteiger partial charge in [0, 0.05) is 11.6 Å². The summed E-state index contributed by atoms with van der Waals surface area (Å²) in [5, 5.41) is 10.3. The molecule has 0 radical (unpaired) electrons. The predicted molar refractivity (Wildman–Crippen MR) is 62.8 cm³/mol. The summed E-state index contributed by atoms with van der Waals surface area (Å²) >= 11 is 0. The van der Waals surface area contributed by atoms with Crippen molar-refractivity contribution in [3.8, 4) is 11.5 Å². The van der Waals surface area contributed by atoms with Gasteiger partial charge < -0.3 is 9.47 Å². The Balaban J connectivity index is 2.44. The number of nitro groups is 1. The largest absolute Gasteiger partial charge is 0.497 e. The summed E-state index contributed by atoms with van der Waals surface area (Å²) in [5.41, 5.74) is 1.73. The van der Waals surface area contributed by atoms with E-state index in [1.54, 1.807) is 13.2 Å². The highest BCUT2D eigenvalue weighted by atomic mass is 16.6. The van der Waals surface area contributed by atoms with Crippen LogP contribution in [0, 0.1) is 10.1 Å². The van der Waals surface area contributed by atoms with Crippen molar-refractivity contribution in [2.45, 2.75) is 12.8 Å². The maximum absolute atomic E-state index is 10.3. The van der Waals surface area contributed by atoms with Crippen LogP contribution in [-0.4, -0.2) is 18.6 Å². The molecule has 17 heavy (non-hydrogen) atoms. The van der Waals surface area contributed by atoms with Crippen LogP contribution in [0.25, 0.3) is 6.08 Å². The van der Waals surface area contributed by atoms with Crippen molar-refractivity contribution in [2.75, 3.05) is 13.7 Å². The first kappa shape index (κ1) is 11.4. The van der Waals surface area contributed by atoms with Crippen LogP contribution in [0.3, 0.4) is 0 Å². The van der Waals surface area contributed by atoms with E-state index in [0.717, 1.165) is 30.4 Å². The van der Waals surface area contributed by atoms with E-state index in [0.29, 0.717) is 17.9 Å². The van der Waals surface area contributed by atoms with Gasteiger partial charge in [0.25, 0.3) is 0 Å². The summed E-state index contributed by atoms with van der Waals surface area (Å²) < 4.78 is 10.7. The first-order chi connectivity index (χ1) is 8.20. The smallest absolute Gasteiger partial charge is 0.235 e. The maximum atomic E-state index is 10.3. The molecular formula is C12H13NO4. The van der Waals surface area contributed by atoms with Crippen molar-refractivity contribution in [3.05, 3.63) is 39.6 Å². The van der Waals surface area contributed by atoms with E-state index in [1.165, 1.54) is 6.08 Å². The van der Waals surface area contributed by atoms with Gasteiger partial charge in [-0.2, -0.15) is 0 Å². The van der Waals surface area contributed by atoms with Crippen LogP contribution in [0.2, 0.25) is 0 Å². The molecule has 1 heterocycles. The lowest BCUT2D eigenvalue weighted by atomic mass is 10.0. The predicted octanol–water partition coefficient (Wildman–Crippen LogP) is 2.27. The lowest BCUT2D eigenvalue weighted by Crippen LogP contribution is -2.09. The molecule has 0 spiro atoms. The number of nitrogens with zero attached hydrogens (tertiary/aromatic N) is 1. The first-order valence-electron chi connectivity index (χ1n) is 5.36. The Kier molecular flexibility index (Phi) is 3.27. The van der Waals surface area contributed by atoms with E-state index >= 15 is 0 Å². The summed E-state index contributed by atoms with van der Waals surface area (Å²) in [7, 11) is 1.58. The molecule has 0 atom stereocenters. The van der Waals surface area contributed by atoms with Crippen molar-refractivity contribution < 1.29 is 14.4 Å². The minimum absolute atomic E-state index is 0.491. The van der Waals surface area contributed by atoms with E-state index in [-0.39, 0.29) is 0 Å². The molecule has 1 aromatic carbocycles. The average Bonchev–Trinajstić information content (AvgIpc) is 2.35. The number of fused-ring (bicyclic) bond motifs is 1. The van der Waals surface area contributed by atoms with E-state index in [2.05, 4.69) is 0 Å². The fourth-order valence-electron chi connectivity index (χ4n) is 1.86. The highest BCUT2D eigenvalue weighted by Gasteiger charge is 2.15. The van der Waals surface area contributed by atoms with Crippen molar-refractivity contribution in [1.82, 2.24) is 0 Å². The SMILES string of the molecule is COc1cc(C=C[N+](=O)[O-])c2c(c1)CCCO2. The Hall–Kier alpha value is -2.04. The van der Waals surface area contributed by atoms with E-state index < -0.39 is 4.92 Å². The van der Waals surface area contributed by atoms with Gasteiger partial charge in [0.2, 0.25) is 6.20 Å². The van der Waals surface area contributed by atoms with Crippen molar-refractivity contribution in [3.63, 3.8) is 0 Å². The lowest BCUT2D eigenvalue weighted by Gasteiger charge is -2.20. The van der Waals surface area contributed by atoms with Gasteiger partial charge in [-0.3, -0.25) is 10.1 Å². The molecule has 0 amide bonds. The summed E-state index contributed by atoms with van der Waals surface area (Å²) in [6.45, 7) is 0.651. The van der Waals surface area contributed by atoms with Crippen LogP contribution in [0.15, 0.2) is 18.3 Å². The molecular weight excluding hydrogens is 222 g/mol. The number of hydrogen-bond donors (Lipinski definition) is 0. The van der Waals surface area contributed by atoms with Crippen LogP contribution < -0.4 is 9.47 Å². The molecule has 1 aromatic rings. The molecule has 0 fully saturated rings. The van der Waals surface area contributed by atoms with Gasteiger partial charge in [-0.25, -0.2) is 0 Å². The number of hydrogen-bond acceptors (Lipinski definition) is 4. The van der Waals surface area contributed by atoms with Crippen molar-refractivity contribution in [1.29, 1.82) is 0 Å². The minimum Gasteiger partial charge on any atom is -0.497 e. The van der Waals surface area contributed by atoms with Crippen LogP contribution in [-0.2, 0) is 6.42 Å². The third-order valence-corrected chi connectivity index (χ3v) is 2.62. The number of benzene rings is 1. The van der Waals surface area contributed by atoms with Crippen LogP contribution in [0.1, 0.15) is 17.5 Å². The Morgan fingerprint density at radius 1 is 1.53 bits per heavy atom. The zero-order valence-electron chi connectivity index (χ0n) is 9.51. The van der Waals surface area contributed by atoms with Gasteiger partial charge in [0.15, 0.2) is 0 Å². The average molecular weight is 235 g/mol. The molecule has 0 bridgehead atoms. The molecule has 5 heteroatoms. The van der Waals surface area contributed by atoms with Crippen LogP contribution >= 0.6 is 0 Å². The molecule has 0 saturated carbocycles. The highest BCUT2D eigenvalue weighted by Crippen LogP contribution is 2.34. The monoisotopic (exact) mass is 235 g/mol. The molecule has 0 N–H and O–H groups in total. The molecule has 0 unspecified atom stereocenters. The second-order valence-corrected chi connectivity index (χ2v) is 3.76. The lowest BCUT2D eigenvalue weighted by molar-refractivity contribution is -0.400. The summed E-state index contributed by atoms with van der Waals surface area (Å²) in [5.74, 6) is 1.42. The zero-order chi connectivity index (χ0) is 12.3. The first-order valence-corrected chi connectivity index (χ1v) is 5.36. The molecule has 2 rings (SSSR count). The van der Waals surface area contributed by atoms with E-state index in [9.17, 15) is 10.1 Å². The van der Waals surface area contributed by atoms with Gasteiger partial charge in [0.1, 0.15) is 11.5 Å². The van der Waals surface area contributed by atoms with Gasteiger partial charge in [-0.1, -0.05) is 0 Å². The molecule has 0 saturated heterocycles. The van der Waals surface area contributed by atoms with E-state index in [1.807, 2.05) is 6.07 Å². The number of rotatable bonds is 3. The fraction of sp³-hybridized carbons (Fsp3) is 0.333. The maximum Gasteiger partial charge on any atom is 0.235 e. The fourth-order valence-corrected chi connectivity index (χ4v) is 1.86. The Bertz CT molecular complexity index is 468. The molecule has 1 aliphatic heterocycles. The summed E-state index contributed by atoms with van der Waals surface area (Å²) in [4.78, 5) is 9.85. The summed E-state index contributed by atoms with van der Waals surface area (Å²) in [6.07, 6.45) is 4.21. The van der Waals surface area contributed by atoms with Crippen molar-refractivity contribution in [2.24, 2.45) is 0 Å². The number of ether oxygens (including phenoxy) is 2. The summed E-state index contributed by atoms with van der Waals surface area (Å²) in [6, 6.07) is 3.65. The van der Waals surface area contributed by atoms with Gasteiger partial charge >= 0.3 is 0 Å². The van der Waals surface area contributed by atoms with Crippen LogP contribution in [0.4, 0.5) is 0 Å². The van der Waals surface area contributed by atoms with Gasteiger partial charge in [-0.05, 0) is 30.5 Å². The normalized spacial score (nSPS) is 14.2. The third-order valence-electron chi connectivity index (χ3n) is 2.62. The minimum atomic E-state index is -0.491. The van der Waals surface area contributed by atoms with Gasteiger partial charge in [-0.15, -0.1) is 0 Å². The van der Waals surface area contributed by atoms with Crippen molar-refractivity contribution >= 4 is 6.08 Å². The van der Waals surface area contributed by atoms with Crippen LogP contribution in [0.5, 0.6) is 11.5 Å². The third kappa shape index (κ3) is 2.55.